The number of hydrogen-bond donors (Lipinski definition) is 0. The maximum atomic E-state index is 12.1. The Bertz CT molecular complexity index is 1230. The summed E-state index contributed by atoms with van der Waals surface area (Å²) in [6.45, 7) is 3.59. The molecule has 3 heterocycles. The zero-order valence-electron chi connectivity index (χ0n) is 16.8. The van der Waals surface area contributed by atoms with Crippen LogP contribution in [0.15, 0.2) is 73.1 Å². The van der Waals surface area contributed by atoms with Crippen LogP contribution in [0.1, 0.15) is 35.3 Å². The smallest absolute Gasteiger partial charge is 0.162 e. The molecule has 4 aromatic rings. The number of hydrogen-bond acceptors (Lipinski definition) is 5. The summed E-state index contributed by atoms with van der Waals surface area (Å²) in [4.78, 5) is 28.5. The molecule has 0 N–H and O–H groups in total. The van der Waals surface area contributed by atoms with E-state index >= 15 is 0 Å². The van der Waals surface area contributed by atoms with E-state index in [0.29, 0.717) is 6.42 Å². The van der Waals surface area contributed by atoms with E-state index in [-0.39, 0.29) is 11.7 Å². The van der Waals surface area contributed by atoms with Gasteiger partial charge in [0.1, 0.15) is 5.82 Å². The molecular formula is C25H22N4O. The second-order valence-electron chi connectivity index (χ2n) is 7.61. The van der Waals surface area contributed by atoms with E-state index in [1.54, 1.807) is 12.4 Å². The fourth-order valence-electron chi connectivity index (χ4n) is 3.98. The number of carbonyl (C=O) groups is 1. The summed E-state index contributed by atoms with van der Waals surface area (Å²) >= 11 is 0. The van der Waals surface area contributed by atoms with E-state index in [1.165, 1.54) is 0 Å². The Morgan fingerprint density at radius 1 is 1.00 bits per heavy atom. The minimum Gasteiger partial charge on any atom is -0.355 e. The van der Waals surface area contributed by atoms with Gasteiger partial charge >= 0.3 is 0 Å². The lowest BCUT2D eigenvalue weighted by Gasteiger charge is -2.40. The predicted octanol–water partition coefficient (Wildman–Crippen LogP) is 4.89. The minimum atomic E-state index is 0.138. The van der Waals surface area contributed by atoms with Crippen molar-refractivity contribution in [2.24, 2.45) is 0 Å². The lowest BCUT2D eigenvalue weighted by molar-refractivity contribution is 0.0988. The zero-order valence-corrected chi connectivity index (χ0v) is 16.8. The molecular weight excluding hydrogens is 372 g/mol. The SMILES string of the molecule is CCC(=O)c1cccc(-c2nccnc2C2CN(c3ccc4ccccc4n3)C2)c1. The third kappa shape index (κ3) is 3.32. The van der Waals surface area contributed by atoms with E-state index < -0.39 is 0 Å². The Hall–Kier alpha value is -3.60. The van der Waals surface area contributed by atoms with Gasteiger partial charge in [0, 0.05) is 54.3 Å². The molecule has 0 radical (unpaired) electrons. The first kappa shape index (κ1) is 18.4. The van der Waals surface area contributed by atoms with Gasteiger partial charge in [0.15, 0.2) is 5.78 Å². The summed E-state index contributed by atoms with van der Waals surface area (Å²) in [7, 11) is 0. The fourth-order valence-corrected chi connectivity index (χ4v) is 3.98. The normalized spacial score (nSPS) is 14.0. The summed E-state index contributed by atoms with van der Waals surface area (Å²) in [6, 6.07) is 20.1. The average Bonchev–Trinajstić information content (AvgIpc) is 2.78. The highest BCUT2D eigenvalue weighted by atomic mass is 16.1. The van der Waals surface area contributed by atoms with Crippen LogP contribution in [0.3, 0.4) is 0 Å². The highest BCUT2D eigenvalue weighted by molar-refractivity contribution is 5.97. The highest BCUT2D eigenvalue weighted by Crippen LogP contribution is 2.34. The number of rotatable bonds is 5. The van der Waals surface area contributed by atoms with Crippen LogP contribution in [-0.4, -0.2) is 33.8 Å². The molecule has 5 heteroatoms. The van der Waals surface area contributed by atoms with Crippen molar-refractivity contribution in [3.05, 3.63) is 84.3 Å². The number of anilines is 1. The molecule has 5 nitrogen and oxygen atoms in total. The van der Waals surface area contributed by atoms with Crippen LogP contribution < -0.4 is 4.90 Å². The van der Waals surface area contributed by atoms with Gasteiger partial charge in [-0.3, -0.25) is 14.8 Å². The van der Waals surface area contributed by atoms with Crippen LogP contribution in [0.25, 0.3) is 22.2 Å². The number of carbonyl (C=O) groups excluding carboxylic acids is 1. The molecule has 0 spiro atoms. The summed E-state index contributed by atoms with van der Waals surface area (Å²) in [5.41, 5.74) is 4.52. The number of ketones is 1. The molecule has 0 aliphatic carbocycles. The summed E-state index contributed by atoms with van der Waals surface area (Å²) in [5, 5.41) is 1.15. The fraction of sp³-hybridized carbons (Fsp3) is 0.200. The van der Waals surface area contributed by atoms with Crippen LogP contribution in [0, 0.1) is 0 Å². The lowest BCUT2D eigenvalue weighted by Crippen LogP contribution is -2.46. The maximum absolute atomic E-state index is 12.1. The first-order chi connectivity index (χ1) is 14.7. The maximum Gasteiger partial charge on any atom is 0.162 e. The molecule has 5 rings (SSSR count). The second kappa shape index (κ2) is 7.67. The Kier molecular flexibility index (Phi) is 4.71. The van der Waals surface area contributed by atoms with Gasteiger partial charge in [0.25, 0.3) is 0 Å². The van der Waals surface area contributed by atoms with E-state index in [1.807, 2.05) is 49.4 Å². The van der Waals surface area contributed by atoms with Crippen molar-refractivity contribution >= 4 is 22.5 Å². The molecule has 0 saturated carbocycles. The molecule has 1 aliphatic rings. The Balaban J connectivity index is 1.40. The zero-order chi connectivity index (χ0) is 20.5. The lowest BCUT2D eigenvalue weighted by atomic mass is 9.91. The number of nitrogens with zero attached hydrogens (tertiary/aromatic N) is 4. The first-order valence-electron chi connectivity index (χ1n) is 10.3. The molecule has 0 unspecified atom stereocenters. The van der Waals surface area contributed by atoms with Crippen molar-refractivity contribution in [2.75, 3.05) is 18.0 Å². The molecule has 0 bridgehead atoms. The monoisotopic (exact) mass is 394 g/mol. The third-order valence-corrected chi connectivity index (χ3v) is 5.68. The highest BCUT2D eigenvalue weighted by Gasteiger charge is 2.32. The van der Waals surface area contributed by atoms with Crippen molar-refractivity contribution in [3.63, 3.8) is 0 Å². The van der Waals surface area contributed by atoms with Crippen LogP contribution in [0.4, 0.5) is 5.82 Å². The molecule has 0 amide bonds. The van der Waals surface area contributed by atoms with Crippen molar-refractivity contribution in [2.45, 2.75) is 19.3 Å². The standard InChI is InChI=1S/C25H22N4O/c1-2-22(30)18-7-5-8-19(14-18)24-25(27-13-12-26-24)20-15-29(16-20)23-11-10-17-6-3-4-9-21(17)28-23/h3-14,20H,2,15-16H2,1H3. The van der Waals surface area contributed by atoms with Gasteiger partial charge < -0.3 is 4.90 Å². The minimum absolute atomic E-state index is 0.138. The van der Waals surface area contributed by atoms with E-state index in [0.717, 1.165) is 52.3 Å². The van der Waals surface area contributed by atoms with Gasteiger partial charge in [-0.2, -0.15) is 0 Å². The van der Waals surface area contributed by atoms with Crippen molar-refractivity contribution in [1.29, 1.82) is 0 Å². The number of aromatic nitrogens is 3. The number of fused-ring (bicyclic) bond motifs is 1. The van der Waals surface area contributed by atoms with Gasteiger partial charge in [-0.05, 0) is 24.3 Å². The van der Waals surface area contributed by atoms with Crippen LogP contribution in [-0.2, 0) is 0 Å². The van der Waals surface area contributed by atoms with Gasteiger partial charge in [-0.1, -0.05) is 43.3 Å². The largest absolute Gasteiger partial charge is 0.355 e. The Morgan fingerprint density at radius 2 is 1.83 bits per heavy atom. The number of para-hydroxylation sites is 1. The number of benzene rings is 2. The van der Waals surface area contributed by atoms with Gasteiger partial charge in [0.2, 0.25) is 0 Å². The molecule has 148 valence electrons. The van der Waals surface area contributed by atoms with E-state index in [4.69, 9.17) is 4.98 Å². The summed E-state index contributed by atoms with van der Waals surface area (Å²) in [5.74, 6) is 1.41. The van der Waals surface area contributed by atoms with Gasteiger partial charge in [0.05, 0.1) is 16.9 Å². The molecule has 1 aliphatic heterocycles. The molecule has 1 fully saturated rings. The molecule has 2 aromatic carbocycles. The third-order valence-electron chi connectivity index (χ3n) is 5.68. The second-order valence-corrected chi connectivity index (χ2v) is 7.61. The number of pyridine rings is 1. The van der Waals surface area contributed by atoms with E-state index in [9.17, 15) is 4.79 Å². The quantitative estimate of drug-likeness (QED) is 0.451. The summed E-state index contributed by atoms with van der Waals surface area (Å²) < 4.78 is 0. The van der Waals surface area contributed by atoms with Crippen LogP contribution >= 0.6 is 0 Å². The first-order valence-corrected chi connectivity index (χ1v) is 10.3. The van der Waals surface area contributed by atoms with Crippen molar-refractivity contribution < 1.29 is 4.79 Å². The number of Topliss-reactive ketones (excluding diaryl/α,β-unsaturated/α-hetero) is 1. The molecule has 0 atom stereocenters. The Labute approximate surface area is 175 Å². The summed E-state index contributed by atoms with van der Waals surface area (Å²) in [6.07, 6.45) is 3.96. The topological polar surface area (TPSA) is 59.0 Å². The Morgan fingerprint density at radius 3 is 2.70 bits per heavy atom. The molecule has 30 heavy (non-hydrogen) atoms. The van der Waals surface area contributed by atoms with Crippen LogP contribution in [0.5, 0.6) is 0 Å². The average molecular weight is 394 g/mol. The predicted molar refractivity (Wildman–Crippen MR) is 119 cm³/mol. The molecule has 2 aromatic heterocycles. The van der Waals surface area contributed by atoms with E-state index in [2.05, 4.69) is 33.1 Å². The van der Waals surface area contributed by atoms with Crippen molar-refractivity contribution in [3.8, 4) is 11.3 Å². The van der Waals surface area contributed by atoms with Gasteiger partial charge in [-0.15, -0.1) is 0 Å². The molecule has 1 saturated heterocycles. The van der Waals surface area contributed by atoms with Gasteiger partial charge in [-0.25, -0.2) is 4.98 Å². The van der Waals surface area contributed by atoms with Crippen LogP contribution in [0.2, 0.25) is 0 Å². The van der Waals surface area contributed by atoms with Crippen molar-refractivity contribution in [1.82, 2.24) is 15.0 Å².